The molecular weight excluding hydrogens is 396 g/mol. The molecule has 2 aliphatic heterocycles. The van der Waals surface area contributed by atoms with E-state index < -0.39 is 9.84 Å². The molecule has 2 aliphatic rings. The van der Waals surface area contributed by atoms with Gasteiger partial charge < -0.3 is 9.64 Å². The van der Waals surface area contributed by atoms with E-state index in [-0.39, 0.29) is 28.7 Å². The molecule has 0 radical (unpaired) electrons. The maximum Gasteiger partial charge on any atom is 0.248 e. The van der Waals surface area contributed by atoms with Crippen LogP contribution in [0.1, 0.15) is 26.2 Å². The zero-order valence-electron chi connectivity index (χ0n) is 14.6. The number of nitrogens with zero attached hydrogens (tertiary/aromatic N) is 2. The standard InChI is InChI=1S/C17H21ClN2O4S2/c1-3-4-5-16(21)19-17-20(12-8-11(18)6-7-14(12)24-2)13-9-26(22,23)10-15(13)25-17/h6-8,13,15H,3-5,9-10H2,1-2H3. The number of anilines is 1. The van der Waals surface area contributed by atoms with E-state index >= 15 is 0 Å². The second kappa shape index (κ2) is 7.78. The van der Waals surface area contributed by atoms with Gasteiger partial charge in [0.15, 0.2) is 15.0 Å². The van der Waals surface area contributed by atoms with Crippen LogP contribution in [-0.2, 0) is 14.6 Å². The minimum absolute atomic E-state index is 0.0303. The van der Waals surface area contributed by atoms with Crippen LogP contribution in [0.3, 0.4) is 0 Å². The Morgan fingerprint density at radius 1 is 1.42 bits per heavy atom. The van der Waals surface area contributed by atoms with E-state index in [0.29, 0.717) is 28.0 Å². The molecule has 3 rings (SSSR count). The van der Waals surface area contributed by atoms with Crippen LogP contribution in [0.5, 0.6) is 5.75 Å². The molecule has 1 aromatic rings. The fourth-order valence-corrected chi connectivity index (χ4v) is 7.28. The number of aliphatic imine (C=N–C) groups is 1. The highest BCUT2D eigenvalue weighted by Gasteiger charge is 2.50. The van der Waals surface area contributed by atoms with Gasteiger partial charge in [-0.15, -0.1) is 0 Å². The van der Waals surface area contributed by atoms with E-state index in [1.807, 2.05) is 11.8 Å². The summed E-state index contributed by atoms with van der Waals surface area (Å²) in [6.07, 6.45) is 2.08. The Hall–Kier alpha value is -1.25. The normalized spacial score (nSPS) is 25.5. The van der Waals surface area contributed by atoms with Gasteiger partial charge in [0.2, 0.25) is 5.91 Å². The Morgan fingerprint density at radius 3 is 2.88 bits per heavy atom. The van der Waals surface area contributed by atoms with Gasteiger partial charge in [-0.25, -0.2) is 8.42 Å². The van der Waals surface area contributed by atoms with E-state index in [2.05, 4.69) is 4.99 Å². The number of benzene rings is 1. The summed E-state index contributed by atoms with van der Waals surface area (Å²) in [5.74, 6) is 0.490. The summed E-state index contributed by atoms with van der Waals surface area (Å²) in [4.78, 5) is 18.3. The Morgan fingerprint density at radius 2 is 2.19 bits per heavy atom. The van der Waals surface area contributed by atoms with Crippen molar-refractivity contribution in [1.82, 2.24) is 0 Å². The van der Waals surface area contributed by atoms with Gasteiger partial charge >= 0.3 is 0 Å². The number of fused-ring (bicyclic) bond motifs is 1. The number of carbonyl (C=O) groups excluding carboxylic acids is 1. The van der Waals surface area contributed by atoms with Crippen molar-refractivity contribution in [2.75, 3.05) is 23.5 Å². The lowest BCUT2D eigenvalue weighted by atomic mass is 10.2. The predicted molar refractivity (Wildman–Crippen MR) is 106 cm³/mol. The number of amides is 1. The average Bonchev–Trinajstić information content (AvgIpc) is 3.03. The number of carbonyl (C=O) groups is 1. The molecular formula is C17H21ClN2O4S2. The molecule has 0 aromatic heterocycles. The summed E-state index contributed by atoms with van der Waals surface area (Å²) in [6, 6.07) is 4.88. The summed E-state index contributed by atoms with van der Waals surface area (Å²) < 4.78 is 29.6. The van der Waals surface area contributed by atoms with Gasteiger partial charge in [-0.2, -0.15) is 4.99 Å². The maximum absolute atomic E-state index is 12.2. The van der Waals surface area contributed by atoms with Crippen molar-refractivity contribution in [2.45, 2.75) is 37.5 Å². The number of hydrogen-bond acceptors (Lipinski definition) is 5. The summed E-state index contributed by atoms with van der Waals surface area (Å²) in [7, 11) is -1.57. The Bertz CT molecular complexity index is 841. The third-order valence-electron chi connectivity index (χ3n) is 4.43. The van der Waals surface area contributed by atoms with Gasteiger partial charge in [0, 0.05) is 16.7 Å². The van der Waals surface area contributed by atoms with Crippen molar-refractivity contribution in [2.24, 2.45) is 4.99 Å². The van der Waals surface area contributed by atoms with Gasteiger partial charge in [0.25, 0.3) is 0 Å². The number of methoxy groups -OCH3 is 1. The molecule has 6 nitrogen and oxygen atoms in total. The van der Waals surface area contributed by atoms with E-state index in [4.69, 9.17) is 16.3 Å². The lowest BCUT2D eigenvalue weighted by molar-refractivity contribution is -0.117. The van der Waals surface area contributed by atoms with Crippen molar-refractivity contribution in [3.8, 4) is 5.75 Å². The third-order valence-corrected chi connectivity index (χ3v) is 7.88. The van der Waals surface area contributed by atoms with Gasteiger partial charge in [-0.05, 0) is 24.6 Å². The first-order chi connectivity index (χ1) is 12.3. The van der Waals surface area contributed by atoms with Crippen LogP contribution < -0.4 is 9.64 Å². The molecule has 2 atom stereocenters. The Balaban J connectivity index is 2.02. The summed E-state index contributed by atoms with van der Waals surface area (Å²) in [6.45, 7) is 2.02. The molecule has 1 aromatic carbocycles. The molecule has 2 unspecified atom stereocenters. The first-order valence-corrected chi connectivity index (χ1v) is 11.5. The first-order valence-electron chi connectivity index (χ1n) is 8.46. The van der Waals surface area contributed by atoms with Gasteiger partial charge in [-0.3, -0.25) is 4.79 Å². The predicted octanol–water partition coefficient (Wildman–Crippen LogP) is 3.14. The summed E-state index contributed by atoms with van der Waals surface area (Å²) in [5, 5.41) is 0.879. The van der Waals surface area contributed by atoms with Gasteiger partial charge in [0.1, 0.15) is 5.75 Å². The molecule has 1 amide bonds. The zero-order chi connectivity index (χ0) is 18.9. The minimum atomic E-state index is -3.12. The molecule has 0 aliphatic carbocycles. The van der Waals surface area contributed by atoms with E-state index in [0.717, 1.165) is 12.8 Å². The first kappa shape index (κ1) is 19.5. The number of ether oxygens (including phenoxy) is 1. The highest BCUT2D eigenvalue weighted by Crippen LogP contribution is 2.44. The molecule has 2 fully saturated rings. The molecule has 142 valence electrons. The van der Waals surface area contributed by atoms with Crippen molar-refractivity contribution >= 4 is 50.0 Å². The molecule has 0 saturated carbocycles. The van der Waals surface area contributed by atoms with Crippen LogP contribution in [-0.4, -0.2) is 49.4 Å². The zero-order valence-corrected chi connectivity index (χ0v) is 17.0. The SMILES string of the molecule is CCCCC(=O)N=C1SC2CS(=O)(=O)CC2N1c1cc(Cl)ccc1OC. The fourth-order valence-electron chi connectivity index (χ4n) is 3.19. The van der Waals surface area contributed by atoms with Crippen LogP contribution in [0.15, 0.2) is 23.2 Å². The smallest absolute Gasteiger partial charge is 0.248 e. The molecule has 0 N–H and O–H groups in total. The number of halogens is 1. The molecule has 0 bridgehead atoms. The Kier molecular flexibility index (Phi) is 5.84. The number of unbranched alkanes of at least 4 members (excludes halogenated alkanes) is 1. The van der Waals surface area contributed by atoms with Crippen LogP contribution in [0.2, 0.25) is 5.02 Å². The number of rotatable bonds is 5. The molecule has 2 saturated heterocycles. The maximum atomic E-state index is 12.2. The summed E-state index contributed by atoms with van der Waals surface area (Å²) in [5.41, 5.74) is 0.638. The van der Waals surface area contributed by atoms with Crippen LogP contribution >= 0.6 is 23.4 Å². The molecule has 2 heterocycles. The van der Waals surface area contributed by atoms with Crippen LogP contribution in [0.25, 0.3) is 0 Å². The van der Waals surface area contributed by atoms with Gasteiger partial charge in [0.05, 0.1) is 30.3 Å². The fraction of sp³-hybridized carbons (Fsp3) is 0.529. The number of thioether (sulfide) groups is 1. The monoisotopic (exact) mass is 416 g/mol. The number of amidine groups is 1. The van der Waals surface area contributed by atoms with Crippen molar-refractivity contribution in [1.29, 1.82) is 0 Å². The largest absolute Gasteiger partial charge is 0.495 e. The summed E-state index contributed by atoms with van der Waals surface area (Å²) >= 11 is 7.51. The number of sulfone groups is 1. The van der Waals surface area contributed by atoms with Crippen molar-refractivity contribution in [3.63, 3.8) is 0 Å². The second-order valence-electron chi connectivity index (χ2n) is 6.38. The minimum Gasteiger partial charge on any atom is -0.495 e. The topological polar surface area (TPSA) is 76.0 Å². The average molecular weight is 417 g/mol. The van der Waals surface area contributed by atoms with Crippen molar-refractivity contribution in [3.05, 3.63) is 23.2 Å². The van der Waals surface area contributed by atoms with E-state index in [9.17, 15) is 13.2 Å². The van der Waals surface area contributed by atoms with Crippen LogP contribution in [0.4, 0.5) is 5.69 Å². The second-order valence-corrected chi connectivity index (χ2v) is 10.2. The molecule has 26 heavy (non-hydrogen) atoms. The highest BCUT2D eigenvalue weighted by molar-refractivity contribution is 8.16. The molecule has 9 heteroatoms. The van der Waals surface area contributed by atoms with Gasteiger partial charge in [-0.1, -0.05) is 36.7 Å². The number of hydrogen-bond donors (Lipinski definition) is 0. The van der Waals surface area contributed by atoms with Crippen LogP contribution in [0, 0.1) is 0 Å². The van der Waals surface area contributed by atoms with E-state index in [1.54, 1.807) is 25.3 Å². The van der Waals surface area contributed by atoms with E-state index in [1.165, 1.54) is 11.8 Å². The van der Waals surface area contributed by atoms with Crippen molar-refractivity contribution < 1.29 is 17.9 Å². The third kappa shape index (κ3) is 4.02. The lowest BCUT2D eigenvalue weighted by Crippen LogP contribution is -2.38. The Labute approximate surface area is 162 Å². The highest BCUT2D eigenvalue weighted by atomic mass is 35.5. The molecule has 0 spiro atoms. The lowest BCUT2D eigenvalue weighted by Gasteiger charge is -2.26. The quantitative estimate of drug-likeness (QED) is 0.733.